The van der Waals surface area contributed by atoms with Crippen LogP contribution in [-0.4, -0.2) is 10.7 Å². The summed E-state index contributed by atoms with van der Waals surface area (Å²) >= 11 is 0. The lowest BCUT2D eigenvalue weighted by atomic mass is 9.72. The smallest absolute Gasteiger partial charge is 0.386 e. The summed E-state index contributed by atoms with van der Waals surface area (Å²) in [6.45, 7) is 8.94. The fraction of sp³-hybridized carbons (Fsp3) is 0.467. The Hall–Kier alpha value is -1.29. The van der Waals surface area contributed by atoms with Crippen LogP contribution < -0.4 is 0 Å². The highest BCUT2D eigenvalue weighted by Crippen LogP contribution is 2.36. The highest BCUT2D eigenvalue weighted by atomic mass is 19.4. The Morgan fingerprint density at radius 1 is 1.11 bits per heavy atom. The summed E-state index contributed by atoms with van der Waals surface area (Å²) in [5.41, 5.74) is -1.52. The number of hydrogen-bond acceptors (Lipinski definition) is 1. The zero-order valence-electron chi connectivity index (χ0n) is 11.4. The molecule has 0 bridgehead atoms. The number of alkyl halides is 3. The number of halogens is 3. The Labute approximate surface area is 111 Å². The summed E-state index contributed by atoms with van der Waals surface area (Å²) in [5.74, 6) is 0. The molecule has 1 unspecified atom stereocenters. The van der Waals surface area contributed by atoms with Gasteiger partial charge in [0, 0.05) is 5.41 Å². The van der Waals surface area contributed by atoms with Gasteiger partial charge in [-0.3, -0.25) is 0 Å². The normalized spacial score (nSPS) is 15.9. The average molecular weight is 272 g/mol. The van der Waals surface area contributed by atoms with Crippen LogP contribution in [-0.2, 0) is 12.6 Å². The van der Waals surface area contributed by atoms with Crippen molar-refractivity contribution < 1.29 is 18.3 Å². The minimum atomic E-state index is -4.32. The van der Waals surface area contributed by atoms with Gasteiger partial charge in [0.25, 0.3) is 0 Å². The van der Waals surface area contributed by atoms with Crippen LogP contribution in [0.5, 0.6) is 0 Å². The first-order chi connectivity index (χ1) is 8.49. The second kappa shape index (κ2) is 5.00. The van der Waals surface area contributed by atoms with Gasteiger partial charge in [-0.05, 0) is 31.0 Å². The molecular formula is C15H19F3O. The van der Waals surface area contributed by atoms with Gasteiger partial charge < -0.3 is 5.11 Å². The second-order valence-electron chi connectivity index (χ2n) is 5.61. The Morgan fingerprint density at radius 2 is 1.58 bits per heavy atom. The van der Waals surface area contributed by atoms with Crippen LogP contribution in [0.2, 0.25) is 0 Å². The molecule has 0 aliphatic rings. The second-order valence-corrected chi connectivity index (χ2v) is 5.61. The fourth-order valence-corrected chi connectivity index (χ4v) is 1.78. The van der Waals surface area contributed by atoms with E-state index in [1.807, 2.05) is 13.8 Å². The van der Waals surface area contributed by atoms with Crippen molar-refractivity contribution >= 4 is 0 Å². The molecular weight excluding hydrogens is 253 g/mol. The van der Waals surface area contributed by atoms with Gasteiger partial charge in [0.05, 0.1) is 11.2 Å². The van der Waals surface area contributed by atoms with Gasteiger partial charge in [-0.1, -0.05) is 32.1 Å². The van der Waals surface area contributed by atoms with Crippen molar-refractivity contribution in [2.45, 2.75) is 39.0 Å². The number of benzene rings is 1. The fourth-order valence-electron chi connectivity index (χ4n) is 1.78. The van der Waals surface area contributed by atoms with Crippen LogP contribution in [0.3, 0.4) is 0 Å². The van der Waals surface area contributed by atoms with Gasteiger partial charge in [-0.15, -0.1) is 6.58 Å². The lowest BCUT2D eigenvalue weighted by Crippen LogP contribution is -2.41. The largest absolute Gasteiger partial charge is 0.416 e. The van der Waals surface area contributed by atoms with E-state index in [0.29, 0.717) is 6.42 Å². The molecule has 0 saturated carbocycles. The van der Waals surface area contributed by atoms with Crippen LogP contribution in [0.15, 0.2) is 36.9 Å². The van der Waals surface area contributed by atoms with Gasteiger partial charge in [-0.2, -0.15) is 13.2 Å². The zero-order valence-corrected chi connectivity index (χ0v) is 11.4. The summed E-state index contributed by atoms with van der Waals surface area (Å²) in [6, 6.07) is 5.02. The van der Waals surface area contributed by atoms with Crippen LogP contribution in [0.4, 0.5) is 13.2 Å². The SMILES string of the molecule is C=CC(C)(O)C(C)(C)Cc1ccc(C(F)(F)F)cc1. The first-order valence-electron chi connectivity index (χ1n) is 6.02. The minimum absolute atomic E-state index is 0.462. The summed E-state index contributed by atoms with van der Waals surface area (Å²) in [5, 5.41) is 10.2. The van der Waals surface area contributed by atoms with Crippen molar-refractivity contribution in [2.24, 2.45) is 5.41 Å². The Kier molecular flexibility index (Phi) is 4.15. The molecule has 4 heteroatoms. The van der Waals surface area contributed by atoms with Gasteiger partial charge in [0.2, 0.25) is 0 Å². The van der Waals surface area contributed by atoms with Gasteiger partial charge in [-0.25, -0.2) is 0 Å². The maximum atomic E-state index is 12.4. The van der Waals surface area contributed by atoms with E-state index in [4.69, 9.17) is 0 Å². The Bertz CT molecular complexity index is 441. The third-order valence-corrected chi connectivity index (χ3v) is 3.69. The van der Waals surface area contributed by atoms with Crippen molar-refractivity contribution in [3.05, 3.63) is 48.0 Å². The van der Waals surface area contributed by atoms with E-state index in [-0.39, 0.29) is 0 Å². The molecule has 0 amide bonds. The maximum absolute atomic E-state index is 12.4. The lowest BCUT2D eigenvalue weighted by molar-refractivity contribution is -0.137. The van der Waals surface area contributed by atoms with E-state index in [1.54, 1.807) is 6.92 Å². The molecule has 0 saturated heterocycles. The molecule has 1 aromatic carbocycles. The number of aliphatic hydroxyl groups is 1. The van der Waals surface area contributed by atoms with Crippen molar-refractivity contribution in [1.82, 2.24) is 0 Å². The molecule has 0 aliphatic heterocycles. The Morgan fingerprint density at radius 3 is 1.95 bits per heavy atom. The van der Waals surface area contributed by atoms with Crippen LogP contribution >= 0.6 is 0 Å². The van der Waals surface area contributed by atoms with E-state index in [2.05, 4.69) is 6.58 Å². The molecule has 0 spiro atoms. The van der Waals surface area contributed by atoms with Crippen molar-refractivity contribution in [3.63, 3.8) is 0 Å². The van der Waals surface area contributed by atoms with Gasteiger partial charge in [0.15, 0.2) is 0 Å². The quantitative estimate of drug-likeness (QED) is 0.814. The maximum Gasteiger partial charge on any atom is 0.416 e. The molecule has 1 atom stereocenters. The van der Waals surface area contributed by atoms with E-state index >= 15 is 0 Å². The topological polar surface area (TPSA) is 20.2 Å². The Balaban J connectivity index is 2.93. The third-order valence-electron chi connectivity index (χ3n) is 3.69. The van der Waals surface area contributed by atoms with E-state index in [1.165, 1.54) is 18.2 Å². The van der Waals surface area contributed by atoms with E-state index in [9.17, 15) is 18.3 Å². The highest BCUT2D eigenvalue weighted by Gasteiger charge is 2.37. The first kappa shape index (κ1) is 15.8. The minimum Gasteiger partial charge on any atom is -0.386 e. The number of rotatable bonds is 4. The molecule has 1 N–H and O–H groups in total. The third kappa shape index (κ3) is 3.60. The molecule has 1 aromatic rings. The standard InChI is InChI=1S/C15H19F3O/c1-5-14(4,19)13(2,3)10-11-6-8-12(9-7-11)15(16,17)18/h5-9,19H,1,10H2,2-4H3. The molecule has 0 aliphatic carbocycles. The number of hydrogen-bond donors (Lipinski definition) is 1. The summed E-state index contributed by atoms with van der Waals surface area (Å²) in [4.78, 5) is 0. The first-order valence-corrected chi connectivity index (χ1v) is 6.02. The van der Waals surface area contributed by atoms with Gasteiger partial charge >= 0.3 is 6.18 Å². The molecule has 1 nitrogen and oxygen atoms in total. The van der Waals surface area contributed by atoms with Gasteiger partial charge in [0.1, 0.15) is 0 Å². The highest BCUT2D eigenvalue weighted by molar-refractivity contribution is 5.26. The summed E-state index contributed by atoms with van der Waals surface area (Å²) in [7, 11) is 0. The molecule has 0 heterocycles. The molecule has 0 radical (unpaired) electrons. The predicted molar refractivity (Wildman–Crippen MR) is 69.7 cm³/mol. The zero-order chi connectivity index (χ0) is 14.9. The summed E-state index contributed by atoms with van der Waals surface area (Å²) in [6.07, 6.45) is -2.40. The monoisotopic (exact) mass is 272 g/mol. The molecule has 0 aromatic heterocycles. The van der Waals surface area contributed by atoms with Crippen LogP contribution in [0.1, 0.15) is 31.9 Å². The van der Waals surface area contributed by atoms with Crippen LogP contribution in [0.25, 0.3) is 0 Å². The van der Waals surface area contributed by atoms with E-state index in [0.717, 1.165) is 17.7 Å². The van der Waals surface area contributed by atoms with E-state index < -0.39 is 22.8 Å². The van der Waals surface area contributed by atoms with Crippen molar-refractivity contribution in [3.8, 4) is 0 Å². The molecule has 1 rings (SSSR count). The molecule has 106 valence electrons. The molecule has 0 fully saturated rings. The summed E-state index contributed by atoms with van der Waals surface area (Å²) < 4.78 is 37.3. The average Bonchev–Trinajstić information content (AvgIpc) is 2.27. The van der Waals surface area contributed by atoms with Crippen LogP contribution in [0, 0.1) is 5.41 Å². The van der Waals surface area contributed by atoms with Crippen molar-refractivity contribution in [2.75, 3.05) is 0 Å². The molecule has 19 heavy (non-hydrogen) atoms. The van der Waals surface area contributed by atoms with Crippen molar-refractivity contribution in [1.29, 1.82) is 0 Å². The predicted octanol–water partition coefficient (Wildman–Crippen LogP) is 4.21. The lowest BCUT2D eigenvalue weighted by Gasteiger charge is -2.38.